The number of methoxy groups -OCH3 is 1. The van der Waals surface area contributed by atoms with E-state index in [1.807, 2.05) is 66.7 Å². The van der Waals surface area contributed by atoms with Gasteiger partial charge in [-0.2, -0.15) is 5.10 Å². The summed E-state index contributed by atoms with van der Waals surface area (Å²) in [5.41, 5.74) is 4.24. The van der Waals surface area contributed by atoms with Gasteiger partial charge in [0.05, 0.1) is 6.21 Å². The van der Waals surface area contributed by atoms with E-state index in [-0.39, 0.29) is 5.91 Å². The molecule has 0 spiro atoms. The van der Waals surface area contributed by atoms with Crippen LogP contribution in [0.3, 0.4) is 0 Å². The molecule has 3 aromatic carbocycles. The van der Waals surface area contributed by atoms with Crippen molar-refractivity contribution < 1.29 is 9.53 Å². The topological polar surface area (TPSA) is 50.7 Å². The van der Waals surface area contributed by atoms with E-state index in [0.29, 0.717) is 0 Å². The van der Waals surface area contributed by atoms with Gasteiger partial charge in [-0.05, 0) is 28.0 Å². The maximum Gasteiger partial charge on any atom is 0.273 e. The van der Waals surface area contributed by atoms with Crippen molar-refractivity contribution >= 4 is 22.9 Å². The Morgan fingerprint density at radius 2 is 1.71 bits per heavy atom. The minimum atomic E-state index is -0.681. The fraction of sp³-hybridized carbons (Fsp3) is 0.100. The lowest BCUT2D eigenvalue weighted by atomic mass is 10.1. The van der Waals surface area contributed by atoms with Gasteiger partial charge in [0.15, 0.2) is 6.10 Å². The number of hydrogen-bond acceptors (Lipinski definition) is 3. The monoisotopic (exact) mass is 318 g/mol. The predicted octanol–water partition coefficient (Wildman–Crippen LogP) is 3.68. The summed E-state index contributed by atoms with van der Waals surface area (Å²) in [6.07, 6.45) is 0.946. The molecule has 0 saturated carbocycles. The second-order valence-electron chi connectivity index (χ2n) is 5.37. The third kappa shape index (κ3) is 3.67. The molecule has 1 N–H and O–H groups in total. The Morgan fingerprint density at radius 1 is 1.00 bits per heavy atom. The van der Waals surface area contributed by atoms with Crippen molar-refractivity contribution in [3.63, 3.8) is 0 Å². The van der Waals surface area contributed by atoms with Crippen LogP contribution >= 0.6 is 0 Å². The first kappa shape index (κ1) is 15.9. The third-order valence-electron chi connectivity index (χ3n) is 3.74. The second kappa shape index (κ2) is 7.53. The molecule has 0 bridgehead atoms. The Hall–Kier alpha value is -2.98. The Morgan fingerprint density at radius 3 is 2.46 bits per heavy atom. The van der Waals surface area contributed by atoms with Gasteiger partial charge in [0.25, 0.3) is 5.91 Å². The number of hydrazone groups is 1. The number of fused-ring (bicyclic) bond motifs is 1. The van der Waals surface area contributed by atoms with Crippen LogP contribution in [0, 0.1) is 0 Å². The second-order valence-corrected chi connectivity index (χ2v) is 5.37. The summed E-state index contributed by atoms with van der Waals surface area (Å²) in [6, 6.07) is 23.4. The molecule has 0 aliphatic rings. The first-order chi connectivity index (χ1) is 11.8. The van der Waals surface area contributed by atoms with Gasteiger partial charge in [-0.25, -0.2) is 5.43 Å². The van der Waals surface area contributed by atoms with Crippen LogP contribution in [0.2, 0.25) is 0 Å². The Bertz CT molecular complexity index is 860. The molecule has 3 aromatic rings. The standard InChI is InChI=1S/C20H18N2O2/c1-24-19(17-8-3-2-4-9-17)20(23)22-21-14-15-11-12-16-7-5-6-10-18(16)13-15/h2-14,19H,1H3,(H,22,23). The summed E-state index contributed by atoms with van der Waals surface area (Å²) in [7, 11) is 1.50. The highest BCUT2D eigenvalue weighted by atomic mass is 16.5. The minimum absolute atomic E-state index is 0.305. The number of carbonyl (C=O) groups is 1. The largest absolute Gasteiger partial charge is 0.367 e. The zero-order valence-corrected chi connectivity index (χ0v) is 13.3. The fourth-order valence-corrected chi connectivity index (χ4v) is 2.54. The van der Waals surface area contributed by atoms with E-state index in [1.165, 1.54) is 12.5 Å². The van der Waals surface area contributed by atoms with Crippen molar-refractivity contribution in [2.24, 2.45) is 5.10 Å². The van der Waals surface area contributed by atoms with Gasteiger partial charge in [-0.15, -0.1) is 0 Å². The maximum atomic E-state index is 12.2. The quantitative estimate of drug-likeness (QED) is 0.576. The van der Waals surface area contributed by atoms with Crippen molar-refractivity contribution in [2.75, 3.05) is 7.11 Å². The zero-order chi connectivity index (χ0) is 16.8. The van der Waals surface area contributed by atoms with Crippen molar-refractivity contribution in [2.45, 2.75) is 6.10 Å². The minimum Gasteiger partial charge on any atom is -0.367 e. The average molecular weight is 318 g/mol. The lowest BCUT2D eigenvalue weighted by molar-refractivity contribution is -0.131. The maximum absolute atomic E-state index is 12.2. The molecule has 1 amide bonds. The fourth-order valence-electron chi connectivity index (χ4n) is 2.54. The van der Waals surface area contributed by atoms with Gasteiger partial charge in [0.2, 0.25) is 0 Å². The molecule has 0 heterocycles. The van der Waals surface area contributed by atoms with Crippen molar-refractivity contribution in [3.8, 4) is 0 Å². The molecule has 0 saturated heterocycles. The molecule has 0 aliphatic carbocycles. The van der Waals surface area contributed by atoms with Crippen LogP contribution in [0.15, 0.2) is 77.9 Å². The number of hydrogen-bond donors (Lipinski definition) is 1. The molecule has 4 nitrogen and oxygen atoms in total. The molecule has 0 aliphatic heterocycles. The summed E-state index contributed by atoms with van der Waals surface area (Å²) in [6.45, 7) is 0. The van der Waals surface area contributed by atoms with Gasteiger partial charge >= 0.3 is 0 Å². The van der Waals surface area contributed by atoms with Gasteiger partial charge in [0, 0.05) is 7.11 Å². The van der Waals surface area contributed by atoms with Gasteiger partial charge in [-0.3, -0.25) is 4.79 Å². The SMILES string of the molecule is COC(C(=O)NN=Cc1ccc2ccccc2c1)c1ccccc1. The number of rotatable bonds is 5. The highest BCUT2D eigenvalue weighted by Gasteiger charge is 2.18. The number of carbonyl (C=O) groups excluding carboxylic acids is 1. The zero-order valence-electron chi connectivity index (χ0n) is 13.3. The van der Waals surface area contributed by atoms with Crippen LogP contribution in [0.4, 0.5) is 0 Å². The smallest absolute Gasteiger partial charge is 0.273 e. The van der Waals surface area contributed by atoms with Crippen LogP contribution in [-0.4, -0.2) is 19.2 Å². The summed E-state index contributed by atoms with van der Waals surface area (Å²) in [5.74, 6) is -0.305. The molecule has 24 heavy (non-hydrogen) atoms. The summed E-state index contributed by atoms with van der Waals surface area (Å²) in [5, 5.41) is 6.34. The molecule has 3 rings (SSSR count). The van der Waals surface area contributed by atoms with E-state index in [9.17, 15) is 4.79 Å². The molecule has 1 unspecified atom stereocenters. The number of amides is 1. The molecule has 0 radical (unpaired) electrons. The van der Waals surface area contributed by atoms with Gasteiger partial charge < -0.3 is 4.74 Å². The molecule has 1 atom stereocenters. The van der Waals surface area contributed by atoms with E-state index in [4.69, 9.17) is 4.74 Å². The van der Waals surface area contributed by atoms with E-state index < -0.39 is 6.10 Å². The van der Waals surface area contributed by atoms with Crippen molar-refractivity contribution in [3.05, 3.63) is 83.9 Å². The highest BCUT2D eigenvalue weighted by molar-refractivity contribution is 5.91. The van der Waals surface area contributed by atoms with Gasteiger partial charge in [0.1, 0.15) is 0 Å². The number of nitrogens with one attached hydrogen (secondary N) is 1. The summed E-state index contributed by atoms with van der Waals surface area (Å²) >= 11 is 0. The van der Waals surface area contributed by atoms with Crippen LogP contribution in [0.1, 0.15) is 17.2 Å². The van der Waals surface area contributed by atoms with Crippen LogP contribution < -0.4 is 5.43 Å². The summed E-state index contributed by atoms with van der Waals surface area (Å²) < 4.78 is 5.27. The molecular weight excluding hydrogens is 300 g/mol. The summed E-state index contributed by atoms with van der Waals surface area (Å²) in [4.78, 5) is 12.2. The normalized spacial score (nSPS) is 12.4. The lowest BCUT2D eigenvalue weighted by Crippen LogP contribution is -2.26. The van der Waals surface area contributed by atoms with Crippen LogP contribution in [0.25, 0.3) is 10.8 Å². The first-order valence-corrected chi connectivity index (χ1v) is 7.67. The van der Waals surface area contributed by atoms with Gasteiger partial charge in [-0.1, -0.05) is 66.7 Å². The Balaban J connectivity index is 1.69. The predicted molar refractivity (Wildman–Crippen MR) is 95.9 cm³/mol. The Labute approximate surface area is 140 Å². The van der Waals surface area contributed by atoms with E-state index in [2.05, 4.69) is 16.6 Å². The third-order valence-corrected chi connectivity index (χ3v) is 3.74. The number of benzene rings is 3. The highest BCUT2D eigenvalue weighted by Crippen LogP contribution is 2.16. The molecule has 0 fully saturated rings. The molecular formula is C20H18N2O2. The van der Waals surface area contributed by atoms with Crippen molar-refractivity contribution in [1.82, 2.24) is 5.43 Å². The van der Waals surface area contributed by atoms with E-state index in [0.717, 1.165) is 16.5 Å². The first-order valence-electron chi connectivity index (χ1n) is 7.67. The van der Waals surface area contributed by atoms with Crippen molar-refractivity contribution in [1.29, 1.82) is 0 Å². The molecule has 0 aromatic heterocycles. The Kier molecular flexibility index (Phi) is 4.99. The van der Waals surface area contributed by atoms with Crippen LogP contribution in [0.5, 0.6) is 0 Å². The lowest BCUT2D eigenvalue weighted by Gasteiger charge is -2.13. The van der Waals surface area contributed by atoms with E-state index in [1.54, 1.807) is 6.21 Å². The molecule has 4 heteroatoms. The average Bonchev–Trinajstić information content (AvgIpc) is 2.63. The van der Waals surface area contributed by atoms with E-state index >= 15 is 0 Å². The van der Waals surface area contributed by atoms with Crippen LogP contribution in [-0.2, 0) is 9.53 Å². The molecule has 120 valence electrons. The number of nitrogens with zero attached hydrogens (tertiary/aromatic N) is 1. The number of ether oxygens (including phenoxy) is 1.